The van der Waals surface area contributed by atoms with Crippen molar-refractivity contribution in [2.24, 2.45) is 0 Å². The third kappa shape index (κ3) is 1.15. The summed E-state index contributed by atoms with van der Waals surface area (Å²) in [6, 6.07) is 7.34. The molecule has 4 heteroatoms. The zero-order valence-corrected chi connectivity index (χ0v) is 6.99. The smallest absolute Gasteiger partial charge is 0.188 e. The van der Waals surface area contributed by atoms with Crippen LogP contribution in [0.25, 0.3) is 5.52 Å². The van der Waals surface area contributed by atoms with Crippen molar-refractivity contribution in [3.05, 3.63) is 36.7 Å². The lowest BCUT2D eigenvalue weighted by Gasteiger charge is -1.88. The normalized spacial score (nSPS) is 13.4. The molecule has 0 amide bonds. The van der Waals surface area contributed by atoms with E-state index in [1.807, 2.05) is 28.8 Å². The maximum atomic E-state index is 10.7. The zero-order valence-electron chi connectivity index (χ0n) is 6.18. The Balaban J connectivity index is 2.70. The summed E-state index contributed by atoms with van der Waals surface area (Å²) in [6.45, 7) is 0. The lowest BCUT2D eigenvalue weighted by Crippen LogP contribution is -1.83. The van der Waals surface area contributed by atoms with Crippen molar-refractivity contribution in [2.75, 3.05) is 0 Å². The fourth-order valence-corrected chi connectivity index (χ4v) is 1.55. The second kappa shape index (κ2) is 2.73. The summed E-state index contributed by atoms with van der Waals surface area (Å²) < 4.78 is 21.3. The van der Waals surface area contributed by atoms with Crippen LogP contribution in [0.15, 0.2) is 41.6 Å². The number of pyridine rings is 1. The molecule has 0 spiro atoms. The highest BCUT2D eigenvalue weighted by molar-refractivity contribution is 7.79. The standard InChI is InChI=1S/C8H7NO2S/c10-12(11)8-5-7-3-1-2-4-9(7)6-8/h1-6H,(H,10,11). The van der Waals surface area contributed by atoms with Crippen LogP contribution >= 0.6 is 0 Å². The van der Waals surface area contributed by atoms with E-state index >= 15 is 0 Å². The van der Waals surface area contributed by atoms with Crippen molar-refractivity contribution >= 4 is 16.6 Å². The molecule has 0 aliphatic carbocycles. The minimum atomic E-state index is -1.88. The van der Waals surface area contributed by atoms with E-state index in [9.17, 15) is 4.21 Å². The second-order valence-electron chi connectivity index (χ2n) is 2.46. The van der Waals surface area contributed by atoms with E-state index in [0.717, 1.165) is 5.52 Å². The molecule has 0 radical (unpaired) electrons. The fourth-order valence-electron chi connectivity index (χ4n) is 1.12. The van der Waals surface area contributed by atoms with Crippen LogP contribution < -0.4 is 0 Å². The minimum Gasteiger partial charge on any atom is -0.323 e. The predicted molar refractivity (Wildman–Crippen MR) is 46.4 cm³/mol. The first-order chi connectivity index (χ1) is 5.77. The molecule has 0 fully saturated rings. The van der Waals surface area contributed by atoms with Crippen molar-refractivity contribution in [2.45, 2.75) is 4.90 Å². The van der Waals surface area contributed by atoms with Crippen LogP contribution in [0.3, 0.4) is 0 Å². The van der Waals surface area contributed by atoms with Crippen LogP contribution in [0.4, 0.5) is 0 Å². The molecule has 3 nitrogen and oxygen atoms in total. The van der Waals surface area contributed by atoms with Gasteiger partial charge in [-0.3, -0.25) is 0 Å². The van der Waals surface area contributed by atoms with Crippen LogP contribution in [0.1, 0.15) is 0 Å². The van der Waals surface area contributed by atoms with Gasteiger partial charge in [0.15, 0.2) is 11.1 Å². The molecule has 62 valence electrons. The molecule has 2 rings (SSSR count). The van der Waals surface area contributed by atoms with Gasteiger partial charge in [-0.15, -0.1) is 0 Å². The largest absolute Gasteiger partial charge is 0.323 e. The van der Waals surface area contributed by atoms with Gasteiger partial charge in [0.25, 0.3) is 0 Å². The van der Waals surface area contributed by atoms with Gasteiger partial charge in [0, 0.05) is 17.9 Å². The Hall–Kier alpha value is -1.13. The summed E-state index contributed by atoms with van der Waals surface area (Å²) >= 11 is -1.88. The quantitative estimate of drug-likeness (QED) is 0.678. The first kappa shape index (κ1) is 7.52. The third-order valence-corrected chi connectivity index (χ3v) is 2.31. The molecule has 12 heavy (non-hydrogen) atoms. The van der Waals surface area contributed by atoms with E-state index in [-0.39, 0.29) is 0 Å². The minimum absolute atomic E-state index is 0.432. The van der Waals surface area contributed by atoms with Crippen molar-refractivity contribution in [3.8, 4) is 0 Å². The SMILES string of the molecule is O=S(O)c1cc2ccccn2c1. The Bertz CT molecular complexity index is 402. The van der Waals surface area contributed by atoms with E-state index in [1.54, 1.807) is 12.3 Å². The third-order valence-electron chi connectivity index (χ3n) is 1.68. The monoisotopic (exact) mass is 181 g/mol. The molecule has 0 aliphatic heterocycles. The molecular formula is C8H7NO2S. The Kier molecular flexibility index (Phi) is 1.71. The summed E-state index contributed by atoms with van der Waals surface area (Å²) in [5, 5.41) is 0. The summed E-state index contributed by atoms with van der Waals surface area (Å²) in [5.41, 5.74) is 0.926. The molecule has 2 aromatic heterocycles. The second-order valence-corrected chi connectivity index (χ2v) is 3.43. The fraction of sp³-hybridized carbons (Fsp3) is 0. The molecule has 1 atom stereocenters. The zero-order chi connectivity index (χ0) is 8.55. The van der Waals surface area contributed by atoms with Crippen LogP contribution in [-0.2, 0) is 11.1 Å². The van der Waals surface area contributed by atoms with Crippen molar-refractivity contribution in [3.63, 3.8) is 0 Å². The van der Waals surface area contributed by atoms with E-state index in [4.69, 9.17) is 4.55 Å². The van der Waals surface area contributed by atoms with E-state index in [0.29, 0.717) is 4.90 Å². The number of nitrogens with zero attached hydrogens (tertiary/aromatic N) is 1. The summed E-state index contributed by atoms with van der Waals surface area (Å²) in [5.74, 6) is 0. The van der Waals surface area contributed by atoms with Gasteiger partial charge in [-0.1, -0.05) is 6.07 Å². The lowest BCUT2D eigenvalue weighted by molar-refractivity contribution is 0.564. The van der Waals surface area contributed by atoms with Crippen molar-refractivity contribution in [1.82, 2.24) is 4.40 Å². The Morgan fingerprint density at radius 1 is 1.42 bits per heavy atom. The topological polar surface area (TPSA) is 41.7 Å². The van der Waals surface area contributed by atoms with Crippen LogP contribution in [0.5, 0.6) is 0 Å². The molecule has 1 N–H and O–H groups in total. The van der Waals surface area contributed by atoms with Gasteiger partial charge in [-0.05, 0) is 18.2 Å². The summed E-state index contributed by atoms with van der Waals surface area (Å²) in [4.78, 5) is 0.432. The number of hydrogen-bond donors (Lipinski definition) is 1. The maximum absolute atomic E-state index is 10.7. The highest BCUT2D eigenvalue weighted by Crippen LogP contribution is 2.11. The average molecular weight is 181 g/mol. The van der Waals surface area contributed by atoms with Gasteiger partial charge in [0.2, 0.25) is 0 Å². The molecule has 2 heterocycles. The molecule has 2 aromatic rings. The molecule has 0 saturated carbocycles. The number of fused-ring (bicyclic) bond motifs is 1. The van der Waals surface area contributed by atoms with Crippen molar-refractivity contribution < 1.29 is 8.76 Å². The van der Waals surface area contributed by atoms with Crippen LogP contribution in [0.2, 0.25) is 0 Å². The summed E-state index contributed by atoms with van der Waals surface area (Å²) in [7, 11) is 0. The summed E-state index contributed by atoms with van der Waals surface area (Å²) in [6.07, 6.45) is 3.48. The van der Waals surface area contributed by atoms with Gasteiger partial charge in [0.1, 0.15) is 0 Å². The lowest BCUT2D eigenvalue weighted by atomic mass is 10.4. The Morgan fingerprint density at radius 2 is 2.25 bits per heavy atom. The number of rotatable bonds is 1. The molecule has 0 aromatic carbocycles. The Morgan fingerprint density at radius 3 is 2.92 bits per heavy atom. The first-order valence-electron chi connectivity index (χ1n) is 3.45. The average Bonchev–Trinajstić information content (AvgIpc) is 2.46. The number of aromatic nitrogens is 1. The van der Waals surface area contributed by atoms with Gasteiger partial charge < -0.3 is 8.95 Å². The molecule has 1 unspecified atom stereocenters. The van der Waals surface area contributed by atoms with Gasteiger partial charge in [-0.25, -0.2) is 4.21 Å². The maximum Gasteiger partial charge on any atom is 0.188 e. The van der Waals surface area contributed by atoms with Gasteiger partial charge in [0.05, 0.1) is 4.90 Å². The van der Waals surface area contributed by atoms with E-state index in [2.05, 4.69) is 0 Å². The highest BCUT2D eigenvalue weighted by atomic mass is 32.2. The first-order valence-corrected chi connectivity index (χ1v) is 4.55. The molecule has 0 saturated heterocycles. The molecule has 0 bridgehead atoms. The van der Waals surface area contributed by atoms with Gasteiger partial charge >= 0.3 is 0 Å². The molecular weight excluding hydrogens is 174 g/mol. The van der Waals surface area contributed by atoms with Crippen LogP contribution in [-0.4, -0.2) is 13.2 Å². The molecule has 0 aliphatic rings. The van der Waals surface area contributed by atoms with Crippen LogP contribution in [0, 0.1) is 0 Å². The van der Waals surface area contributed by atoms with Gasteiger partial charge in [-0.2, -0.15) is 0 Å². The highest BCUT2D eigenvalue weighted by Gasteiger charge is 2.02. The van der Waals surface area contributed by atoms with Crippen molar-refractivity contribution in [1.29, 1.82) is 0 Å². The van der Waals surface area contributed by atoms with E-state index < -0.39 is 11.1 Å². The van der Waals surface area contributed by atoms with E-state index in [1.165, 1.54) is 0 Å². The Labute approximate surface area is 71.9 Å². The number of hydrogen-bond acceptors (Lipinski definition) is 1. The predicted octanol–water partition coefficient (Wildman–Crippen LogP) is 1.52.